The van der Waals surface area contributed by atoms with E-state index in [1.165, 1.54) is 0 Å². The minimum Gasteiger partial charge on any atom is -0.275 e. The van der Waals surface area contributed by atoms with Crippen molar-refractivity contribution in [1.29, 1.82) is 0 Å². The Balaban J connectivity index is 2.55. The van der Waals surface area contributed by atoms with Gasteiger partial charge < -0.3 is 0 Å². The van der Waals surface area contributed by atoms with Gasteiger partial charge in [0.2, 0.25) is 0 Å². The quantitative estimate of drug-likeness (QED) is 0.752. The molecule has 14 heavy (non-hydrogen) atoms. The number of aryl methyl sites for hydroxylation is 1. The van der Waals surface area contributed by atoms with Crippen LogP contribution in [0.2, 0.25) is 10.3 Å². The molecule has 0 saturated heterocycles. The predicted octanol–water partition coefficient (Wildman–Crippen LogP) is 2.18. The number of hydrogen-bond donors (Lipinski definition) is 0. The van der Waals surface area contributed by atoms with E-state index >= 15 is 0 Å². The molecule has 4 nitrogen and oxygen atoms in total. The Morgan fingerprint density at radius 2 is 2.07 bits per heavy atom. The first-order valence-electron chi connectivity index (χ1n) is 3.85. The van der Waals surface area contributed by atoms with Gasteiger partial charge in [0.05, 0.1) is 5.69 Å². The summed E-state index contributed by atoms with van der Waals surface area (Å²) >= 11 is 11.6. The van der Waals surface area contributed by atoms with Gasteiger partial charge in [-0.05, 0) is 12.1 Å². The molecule has 0 saturated carbocycles. The molecule has 0 amide bonds. The van der Waals surface area contributed by atoms with E-state index in [1.54, 1.807) is 10.7 Å². The van der Waals surface area contributed by atoms with Crippen LogP contribution in [0.5, 0.6) is 0 Å². The van der Waals surface area contributed by atoms with Crippen LogP contribution in [-0.4, -0.2) is 20.0 Å². The van der Waals surface area contributed by atoms with Crippen LogP contribution in [0.1, 0.15) is 0 Å². The molecule has 2 rings (SSSR count). The van der Waals surface area contributed by atoms with Gasteiger partial charge in [0, 0.05) is 18.8 Å². The average molecular weight is 229 g/mol. The van der Waals surface area contributed by atoms with E-state index in [0.717, 1.165) is 5.69 Å². The van der Waals surface area contributed by atoms with E-state index in [2.05, 4.69) is 15.3 Å². The third kappa shape index (κ3) is 1.71. The minimum atomic E-state index is 0.299. The average Bonchev–Trinajstić information content (AvgIpc) is 2.56. The molecule has 0 aliphatic rings. The Labute approximate surface area is 90.5 Å². The fourth-order valence-electron chi connectivity index (χ4n) is 1.09. The van der Waals surface area contributed by atoms with Gasteiger partial charge in [-0.3, -0.25) is 4.68 Å². The largest absolute Gasteiger partial charge is 0.275 e. The number of rotatable bonds is 1. The Hall–Kier alpha value is -1.13. The van der Waals surface area contributed by atoms with Crippen LogP contribution in [0.25, 0.3) is 11.3 Å². The van der Waals surface area contributed by atoms with Crippen molar-refractivity contribution in [3.05, 3.63) is 28.6 Å². The third-order valence-electron chi connectivity index (χ3n) is 1.71. The van der Waals surface area contributed by atoms with Gasteiger partial charge in [0.25, 0.3) is 0 Å². The molecule has 0 aliphatic carbocycles. The molecular weight excluding hydrogens is 223 g/mol. The van der Waals surface area contributed by atoms with Crippen LogP contribution in [0.3, 0.4) is 0 Å². The highest BCUT2D eigenvalue weighted by atomic mass is 35.5. The summed E-state index contributed by atoms with van der Waals surface area (Å²) < 4.78 is 1.68. The lowest BCUT2D eigenvalue weighted by Crippen LogP contribution is -1.91. The lowest BCUT2D eigenvalue weighted by molar-refractivity contribution is 0.770. The van der Waals surface area contributed by atoms with Gasteiger partial charge in [0.15, 0.2) is 10.3 Å². The fraction of sp³-hybridized carbons (Fsp3) is 0.125. The van der Waals surface area contributed by atoms with Crippen molar-refractivity contribution >= 4 is 23.2 Å². The molecule has 0 aromatic carbocycles. The Bertz CT molecular complexity index is 466. The number of hydrogen-bond acceptors (Lipinski definition) is 3. The first-order chi connectivity index (χ1) is 6.66. The summed E-state index contributed by atoms with van der Waals surface area (Å²) in [5.74, 6) is 0. The molecule has 2 aromatic heterocycles. The van der Waals surface area contributed by atoms with Gasteiger partial charge >= 0.3 is 0 Å². The lowest BCUT2D eigenvalue weighted by atomic mass is 10.2. The van der Waals surface area contributed by atoms with Crippen molar-refractivity contribution in [2.45, 2.75) is 0 Å². The van der Waals surface area contributed by atoms with Crippen molar-refractivity contribution in [1.82, 2.24) is 20.0 Å². The highest BCUT2D eigenvalue weighted by Crippen LogP contribution is 2.25. The minimum absolute atomic E-state index is 0.299. The summed E-state index contributed by atoms with van der Waals surface area (Å²) in [5.41, 5.74) is 1.42. The molecule has 0 N–H and O–H groups in total. The topological polar surface area (TPSA) is 43.6 Å². The number of aromatic nitrogens is 4. The second-order valence-electron chi connectivity index (χ2n) is 2.75. The van der Waals surface area contributed by atoms with Gasteiger partial charge in [0.1, 0.15) is 0 Å². The number of nitrogens with zero attached hydrogens (tertiary/aromatic N) is 4. The third-order valence-corrected chi connectivity index (χ3v) is 2.17. The molecule has 0 spiro atoms. The summed E-state index contributed by atoms with van der Waals surface area (Å²) in [5, 5.41) is 12.1. The van der Waals surface area contributed by atoms with Crippen molar-refractivity contribution in [3.8, 4) is 11.3 Å². The molecule has 72 valence electrons. The number of halogens is 2. The Kier molecular flexibility index (Phi) is 2.39. The Morgan fingerprint density at radius 1 is 1.29 bits per heavy atom. The second kappa shape index (κ2) is 3.55. The zero-order valence-electron chi connectivity index (χ0n) is 7.28. The zero-order chi connectivity index (χ0) is 10.1. The molecule has 0 atom stereocenters. The van der Waals surface area contributed by atoms with E-state index < -0.39 is 0 Å². The second-order valence-corrected chi connectivity index (χ2v) is 3.49. The zero-order valence-corrected chi connectivity index (χ0v) is 8.79. The van der Waals surface area contributed by atoms with Crippen molar-refractivity contribution in [2.75, 3.05) is 0 Å². The summed E-state index contributed by atoms with van der Waals surface area (Å²) in [6.07, 6.45) is 1.82. The molecule has 0 unspecified atom stereocenters. The van der Waals surface area contributed by atoms with Crippen molar-refractivity contribution in [2.24, 2.45) is 7.05 Å². The maximum absolute atomic E-state index is 5.86. The molecular formula is C8H6Cl2N4. The molecule has 0 radical (unpaired) electrons. The summed E-state index contributed by atoms with van der Waals surface area (Å²) in [6.45, 7) is 0. The lowest BCUT2D eigenvalue weighted by Gasteiger charge is -1.98. The molecule has 0 bridgehead atoms. The Morgan fingerprint density at radius 3 is 2.71 bits per heavy atom. The first-order valence-corrected chi connectivity index (χ1v) is 4.61. The molecule has 0 aliphatic heterocycles. The maximum Gasteiger partial charge on any atom is 0.161 e. The van der Waals surface area contributed by atoms with Crippen LogP contribution in [-0.2, 0) is 7.05 Å². The first kappa shape index (κ1) is 9.43. The van der Waals surface area contributed by atoms with E-state index in [9.17, 15) is 0 Å². The standard InChI is InChI=1S/C8H6Cl2N4/c1-14-3-2-6(13-14)5-4-7(9)11-12-8(5)10/h2-4H,1H3. The van der Waals surface area contributed by atoms with E-state index in [4.69, 9.17) is 23.2 Å². The molecule has 6 heteroatoms. The summed E-state index contributed by atoms with van der Waals surface area (Å²) in [6, 6.07) is 3.47. The maximum atomic E-state index is 5.86. The smallest absolute Gasteiger partial charge is 0.161 e. The van der Waals surface area contributed by atoms with Crippen molar-refractivity contribution < 1.29 is 0 Å². The van der Waals surface area contributed by atoms with Crippen LogP contribution in [0.15, 0.2) is 18.3 Å². The predicted molar refractivity (Wildman–Crippen MR) is 54.3 cm³/mol. The van der Waals surface area contributed by atoms with Crippen molar-refractivity contribution in [3.63, 3.8) is 0 Å². The molecule has 0 fully saturated rings. The van der Waals surface area contributed by atoms with E-state index in [0.29, 0.717) is 15.9 Å². The SMILES string of the molecule is Cn1ccc(-c2cc(Cl)nnc2Cl)n1. The highest BCUT2D eigenvalue weighted by Gasteiger charge is 2.08. The summed E-state index contributed by atoms with van der Waals surface area (Å²) in [4.78, 5) is 0. The van der Waals surface area contributed by atoms with Gasteiger partial charge in [-0.15, -0.1) is 10.2 Å². The molecule has 2 aromatic rings. The van der Waals surface area contributed by atoms with E-state index in [1.807, 2.05) is 19.3 Å². The summed E-state index contributed by atoms with van der Waals surface area (Å²) in [7, 11) is 1.83. The fourth-order valence-corrected chi connectivity index (χ4v) is 1.43. The molecule has 2 heterocycles. The monoisotopic (exact) mass is 228 g/mol. The van der Waals surface area contributed by atoms with Gasteiger partial charge in [-0.2, -0.15) is 5.10 Å². The normalized spacial score (nSPS) is 10.5. The van der Waals surface area contributed by atoms with E-state index in [-0.39, 0.29) is 0 Å². The van der Waals surface area contributed by atoms with Crippen LogP contribution in [0, 0.1) is 0 Å². The van der Waals surface area contributed by atoms with Gasteiger partial charge in [-0.25, -0.2) is 0 Å². The van der Waals surface area contributed by atoms with Crippen LogP contribution >= 0.6 is 23.2 Å². The van der Waals surface area contributed by atoms with Crippen LogP contribution in [0.4, 0.5) is 0 Å². The van der Waals surface area contributed by atoms with Crippen LogP contribution < -0.4 is 0 Å². The van der Waals surface area contributed by atoms with Gasteiger partial charge in [-0.1, -0.05) is 23.2 Å². The highest BCUT2D eigenvalue weighted by molar-refractivity contribution is 6.33.